The Kier molecular flexibility index (Phi) is 6.36. The van der Waals surface area contributed by atoms with Crippen LogP contribution in [0, 0.1) is 17.1 Å². The fourth-order valence-corrected chi connectivity index (χ4v) is 5.39. The molecule has 0 bridgehead atoms. The van der Waals surface area contributed by atoms with Crippen LogP contribution in [0.5, 0.6) is 11.5 Å². The van der Waals surface area contributed by atoms with E-state index in [-0.39, 0.29) is 46.1 Å². The number of hydrogen-bond donors (Lipinski definition) is 2. The quantitative estimate of drug-likeness (QED) is 0.476. The zero-order valence-corrected chi connectivity index (χ0v) is 21.0. The van der Waals surface area contributed by atoms with Gasteiger partial charge in [0, 0.05) is 33.1 Å². The Morgan fingerprint density at radius 1 is 1.38 bits per heavy atom. The maximum absolute atomic E-state index is 14.8. The van der Waals surface area contributed by atoms with Crippen LogP contribution >= 0.6 is 0 Å². The minimum Gasteiger partial charge on any atom is -0.453 e. The van der Waals surface area contributed by atoms with Crippen LogP contribution < -0.4 is 20.3 Å². The highest BCUT2D eigenvalue weighted by molar-refractivity contribution is 7.90. The molecule has 2 aliphatic rings. The number of anilines is 1. The van der Waals surface area contributed by atoms with Crippen LogP contribution in [0.3, 0.4) is 0 Å². The molecule has 1 unspecified atom stereocenters. The minimum atomic E-state index is -3.96. The summed E-state index contributed by atoms with van der Waals surface area (Å²) in [6.07, 6.45) is 2.19. The molecule has 13 heteroatoms. The highest BCUT2D eigenvalue weighted by atomic mass is 32.2. The summed E-state index contributed by atoms with van der Waals surface area (Å²) in [5.41, 5.74) is -0.576. The van der Waals surface area contributed by atoms with Crippen molar-refractivity contribution in [2.45, 2.75) is 25.0 Å². The molecule has 0 amide bonds. The number of halogens is 1. The highest BCUT2D eigenvalue weighted by Crippen LogP contribution is 2.36. The topological polar surface area (TPSA) is 139 Å². The van der Waals surface area contributed by atoms with Crippen LogP contribution in [-0.2, 0) is 14.9 Å². The number of nitrogens with zero attached hydrogens (tertiary/aromatic N) is 4. The predicted octanol–water partition coefficient (Wildman–Crippen LogP) is 2.11. The summed E-state index contributed by atoms with van der Waals surface area (Å²) >= 11 is 0. The third kappa shape index (κ3) is 4.53. The van der Waals surface area contributed by atoms with Gasteiger partial charge in [-0.3, -0.25) is 14.1 Å². The van der Waals surface area contributed by atoms with E-state index in [0.29, 0.717) is 18.5 Å². The number of nitriles is 1. The molecule has 2 aliphatic heterocycles. The summed E-state index contributed by atoms with van der Waals surface area (Å²) in [6, 6.07) is 8.29. The van der Waals surface area contributed by atoms with E-state index in [4.69, 9.17) is 9.47 Å². The maximum Gasteiger partial charge on any atom is 0.301 e. The summed E-state index contributed by atoms with van der Waals surface area (Å²) in [5.74, 6) is -1.24. The van der Waals surface area contributed by atoms with Gasteiger partial charge in [0.1, 0.15) is 17.4 Å². The number of nitrogens with one attached hydrogen (secondary N) is 2. The van der Waals surface area contributed by atoms with E-state index in [9.17, 15) is 22.9 Å². The zero-order valence-electron chi connectivity index (χ0n) is 20.2. The van der Waals surface area contributed by atoms with Crippen molar-refractivity contribution in [1.29, 1.82) is 5.26 Å². The van der Waals surface area contributed by atoms with Crippen molar-refractivity contribution < 1.29 is 22.3 Å². The molecule has 2 N–H and O–H groups in total. The molecule has 11 nitrogen and oxygen atoms in total. The van der Waals surface area contributed by atoms with Crippen molar-refractivity contribution in [3.8, 4) is 17.6 Å². The number of fused-ring (bicyclic) bond motifs is 1. The van der Waals surface area contributed by atoms with Gasteiger partial charge in [-0.15, -0.1) is 0 Å². The molecule has 3 heterocycles. The standard InChI is InChI=1S/C24H25FN6O5S/c1-3-30(2)37(33,34)29-21-7-5-19(25)22(18(21)10-26)36-16-4-6-20-17(8-16)23(32)31(14-28-20)15-9-24(35-11-15)12-27-13-24/h4-8,14-15,27,29H,3,9,11-13H2,1-2H3. The summed E-state index contributed by atoms with van der Waals surface area (Å²) in [4.78, 5) is 17.7. The van der Waals surface area contributed by atoms with Crippen LogP contribution in [-0.4, -0.2) is 61.2 Å². The first-order valence-corrected chi connectivity index (χ1v) is 13.1. The van der Waals surface area contributed by atoms with Crippen LogP contribution in [0.25, 0.3) is 10.9 Å². The van der Waals surface area contributed by atoms with Crippen molar-refractivity contribution in [2.24, 2.45) is 0 Å². The van der Waals surface area contributed by atoms with E-state index in [1.54, 1.807) is 17.6 Å². The molecule has 1 spiro atoms. The van der Waals surface area contributed by atoms with Gasteiger partial charge in [0.05, 0.1) is 41.2 Å². The van der Waals surface area contributed by atoms with E-state index >= 15 is 0 Å². The molecular formula is C24H25FN6O5S. The lowest BCUT2D eigenvalue weighted by atomic mass is 9.92. The van der Waals surface area contributed by atoms with Gasteiger partial charge in [-0.2, -0.15) is 18.0 Å². The molecule has 0 saturated carbocycles. The van der Waals surface area contributed by atoms with Crippen LogP contribution in [0.15, 0.2) is 41.5 Å². The Hall–Kier alpha value is -3.57. The molecule has 2 saturated heterocycles. The molecule has 0 aliphatic carbocycles. The summed E-state index contributed by atoms with van der Waals surface area (Å²) < 4.78 is 56.2. The van der Waals surface area contributed by atoms with Crippen LogP contribution in [0.2, 0.25) is 0 Å². The molecule has 5 rings (SSSR count). The average Bonchev–Trinajstić information content (AvgIpc) is 3.32. The third-order valence-electron chi connectivity index (χ3n) is 6.77. The van der Waals surface area contributed by atoms with Gasteiger partial charge in [-0.1, -0.05) is 6.92 Å². The molecule has 1 aromatic heterocycles. The van der Waals surface area contributed by atoms with Gasteiger partial charge in [0.2, 0.25) is 0 Å². The van der Waals surface area contributed by atoms with Gasteiger partial charge >= 0.3 is 10.2 Å². The number of rotatable bonds is 7. The largest absolute Gasteiger partial charge is 0.453 e. The zero-order chi connectivity index (χ0) is 26.4. The lowest BCUT2D eigenvalue weighted by Crippen LogP contribution is -2.59. The average molecular weight is 529 g/mol. The smallest absolute Gasteiger partial charge is 0.301 e. The Balaban J connectivity index is 1.48. The lowest BCUT2D eigenvalue weighted by molar-refractivity contribution is -0.0362. The molecule has 2 fully saturated rings. The Morgan fingerprint density at radius 2 is 2.16 bits per heavy atom. The van der Waals surface area contributed by atoms with Gasteiger partial charge in [-0.05, 0) is 30.3 Å². The first-order chi connectivity index (χ1) is 17.7. The van der Waals surface area contributed by atoms with E-state index in [1.165, 1.54) is 25.5 Å². The van der Waals surface area contributed by atoms with Gasteiger partial charge < -0.3 is 14.8 Å². The fraction of sp³-hybridized carbons (Fsp3) is 0.375. The van der Waals surface area contributed by atoms with E-state index < -0.39 is 21.8 Å². The second-order valence-electron chi connectivity index (χ2n) is 9.13. The van der Waals surface area contributed by atoms with Crippen molar-refractivity contribution in [1.82, 2.24) is 19.2 Å². The second-order valence-corrected chi connectivity index (χ2v) is 10.9. The van der Waals surface area contributed by atoms with Crippen LogP contribution in [0.1, 0.15) is 24.9 Å². The number of aromatic nitrogens is 2. The second kappa shape index (κ2) is 9.38. The summed E-state index contributed by atoms with van der Waals surface area (Å²) in [6.45, 7) is 3.73. The molecule has 3 aromatic rings. The highest BCUT2D eigenvalue weighted by Gasteiger charge is 2.46. The third-order valence-corrected chi connectivity index (χ3v) is 8.32. The fourth-order valence-electron chi connectivity index (χ4n) is 4.45. The number of hydrogen-bond acceptors (Lipinski definition) is 8. The van der Waals surface area contributed by atoms with E-state index in [1.807, 2.05) is 6.07 Å². The number of benzene rings is 2. The molecule has 0 radical (unpaired) electrons. The SMILES string of the molecule is CCN(C)S(=O)(=O)Nc1ccc(F)c(Oc2ccc3ncn(C4COC5(CNC5)C4)c(=O)c3c2)c1C#N. The Bertz CT molecular complexity index is 1580. The van der Waals surface area contributed by atoms with Gasteiger partial charge in [0.25, 0.3) is 5.56 Å². The lowest BCUT2D eigenvalue weighted by Gasteiger charge is -2.38. The van der Waals surface area contributed by atoms with E-state index in [2.05, 4.69) is 15.0 Å². The molecule has 1 atom stereocenters. The minimum absolute atomic E-state index is 0.0903. The maximum atomic E-state index is 14.8. The van der Waals surface area contributed by atoms with Gasteiger partial charge in [0.15, 0.2) is 11.6 Å². The molecular weight excluding hydrogens is 503 g/mol. The normalized spacial score (nSPS) is 18.6. The van der Waals surface area contributed by atoms with E-state index in [0.717, 1.165) is 29.5 Å². The number of ether oxygens (including phenoxy) is 2. The Labute approximate surface area is 212 Å². The van der Waals surface area contributed by atoms with Gasteiger partial charge in [-0.25, -0.2) is 9.37 Å². The van der Waals surface area contributed by atoms with Crippen molar-refractivity contribution in [3.63, 3.8) is 0 Å². The first kappa shape index (κ1) is 25.1. The predicted molar refractivity (Wildman–Crippen MR) is 133 cm³/mol. The molecule has 37 heavy (non-hydrogen) atoms. The van der Waals surface area contributed by atoms with Crippen molar-refractivity contribution >= 4 is 26.8 Å². The first-order valence-electron chi connectivity index (χ1n) is 11.7. The monoisotopic (exact) mass is 528 g/mol. The van der Waals surface area contributed by atoms with Crippen LogP contribution in [0.4, 0.5) is 10.1 Å². The molecule has 2 aromatic carbocycles. The Morgan fingerprint density at radius 3 is 2.81 bits per heavy atom. The van der Waals surface area contributed by atoms with Crippen molar-refractivity contribution in [3.05, 3.63) is 58.4 Å². The summed E-state index contributed by atoms with van der Waals surface area (Å²) in [5, 5.41) is 13.2. The summed E-state index contributed by atoms with van der Waals surface area (Å²) in [7, 11) is -2.60. The van der Waals surface area contributed by atoms with Crippen molar-refractivity contribution in [2.75, 3.05) is 38.0 Å². The molecule has 194 valence electrons.